The number of carbonyl (C=O) groups is 3. The molecule has 4 rings (SSSR count). The molecule has 1 aliphatic rings. The Morgan fingerprint density at radius 2 is 1.44 bits per heavy atom. The summed E-state index contributed by atoms with van der Waals surface area (Å²) < 4.78 is 0. The Morgan fingerprint density at radius 1 is 0.821 bits per heavy atom. The number of nitrogens with zero attached hydrogens (tertiary/aromatic N) is 1. The average molecular weight is 568 g/mol. The highest BCUT2D eigenvalue weighted by Crippen LogP contribution is 2.26. The standard InChI is InChI=1S/C30H32Cl2N4O3/c31-23-14-13-22(16-24(23)32)19-36-15-7-12-27(36)30(39)35-26(18-21-10-5-2-6-11-21)29(38)34-25(28(33)37)17-20-8-3-1-4-9-20/h1-6,8-11,13-14,16,25-27H,7,12,15,17-19H2,(H2,33,37)(H,34,38)(H,35,39)/t25-,26-,27-/m0/s1. The summed E-state index contributed by atoms with van der Waals surface area (Å²) in [6, 6.07) is 22.0. The Morgan fingerprint density at radius 3 is 2.03 bits per heavy atom. The van der Waals surface area contributed by atoms with Crippen molar-refractivity contribution in [3.05, 3.63) is 106 Å². The molecule has 0 saturated carbocycles. The third kappa shape index (κ3) is 8.05. The molecule has 1 fully saturated rings. The van der Waals surface area contributed by atoms with Crippen molar-refractivity contribution in [1.82, 2.24) is 15.5 Å². The van der Waals surface area contributed by atoms with E-state index in [4.69, 9.17) is 28.9 Å². The maximum absolute atomic E-state index is 13.5. The molecule has 0 radical (unpaired) electrons. The van der Waals surface area contributed by atoms with Crippen molar-refractivity contribution in [2.24, 2.45) is 5.73 Å². The van der Waals surface area contributed by atoms with Gasteiger partial charge in [-0.05, 0) is 48.2 Å². The van der Waals surface area contributed by atoms with Gasteiger partial charge in [0.2, 0.25) is 17.7 Å². The molecule has 4 N–H and O–H groups in total. The molecule has 1 saturated heterocycles. The van der Waals surface area contributed by atoms with Crippen LogP contribution in [0.15, 0.2) is 78.9 Å². The Kier molecular flexibility index (Phi) is 9.98. The van der Waals surface area contributed by atoms with E-state index >= 15 is 0 Å². The molecule has 9 heteroatoms. The van der Waals surface area contributed by atoms with Gasteiger partial charge >= 0.3 is 0 Å². The first-order valence-electron chi connectivity index (χ1n) is 13.0. The van der Waals surface area contributed by atoms with Crippen molar-refractivity contribution in [1.29, 1.82) is 0 Å². The van der Waals surface area contributed by atoms with Crippen LogP contribution in [-0.2, 0) is 33.8 Å². The molecule has 0 unspecified atom stereocenters. The van der Waals surface area contributed by atoms with E-state index in [1.54, 1.807) is 12.1 Å². The van der Waals surface area contributed by atoms with Gasteiger partial charge in [-0.15, -0.1) is 0 Å². The second-order valence-corrected chi connectivity index (χ2v) is 10.6. The highest BCUT2D eigenvalue weighted by molar-refractivity contribution is 6.42. The predicted molar refractivity (Wildman–Crippen MR) is 153 cm³/mol. The van der Waals surface area contributed by atoms with E-state index in [9.17, 15) is 14.4 Å². The van der Waals surface area contributed by atoms with Crippen LogP contribution in [0.2, 0.25) is 10.0 Å². The molecule has 3 atom stereocenters. The largest absolute Gasteiger partial charge is 0.368 e. The molecule has 204 valence electrons. The number of primary amides is 1. The van der Waals surface area contributed by atoms with Crippen molar-refractivity contribution in [2.45, 2.75) is 50.4 Å². The van der Waals surface area contributed by atoms with E-state index in [2.05, 4.69) is 15.5 Å². The summed E-state index contributed by atoms with van der Waals surface area (Å²) in [5.74, 6) is -1.33. The molecule has 3 aromatic carbocycles. The topological polar surface area (TPSA) is 105 Å². The van der Waals surface area contributed by atoms with Gasteiger partial charge in [-0.2, -0.15) is 0 Å². The lowest BCUT2D eigenvalue weighted by atomic mass is 10.0. The number of amides is 3. The fraction of sp³-hybridized carbons (Fsp3) is 0.300. The summed E-state index contributed by atoms with van der Waals surface area (Å²) in [7, 11) is 0. The van der Waals surface area contributed by atoms with E-state index in [1.807, 2.05) is 66.7 Å². The average Bonchev–Trinajstić information content (AvgIpc) is 3.39. The van der Waals surface area contributed by atoms with Crippen molar-refractivity contribution >= 4 is 40.9 Å². The summed E-state index contributed by atoms with van der Waals surface area (Å²) in [5.41, 5.74) is 8.34. The summed E-state index contributed by atoms with van der Waals surface area (Å²) in [5, 5.41) is 6.68. The first-order valence-corrected chi connectivity index (χ1v) is 13.7. The number of benzene rings is 3. The lowest BCUT2D eigenvalue weighted by molar-refractivity contribution is -0.133. The summed E-state index contributed by atoms with van der Waals surface area (Å²) >= 11 is 12.2. The zero-order valence-corrected chi connectivity index (χ0v) is 23.0. The fourth-order valence-electron chi connectivity index (χ4n) is 4.86. The Bertz CT molecular complexity index is 1290. The lowest BCUT2D eigenvalue weighted by Gasteiger charge is -2.27. The van der Waals surface area contributed by atoms with Crippen LogP contribution in [0.1, 0.15) is 29.5 Å². The summed E-state index contributed by atoms with van der Waals surface area (Å²) in [6.45, 7) is 1.28. The normalized spacial score (nSPS) is 16.8. The SMILES string of the molecule is NC(=O)[C@H](Cc1ccccc1)NC(=O)[C@H](Cc1ccccc1)NC(=O)[C@@H]1CCCN1Cc1ccc(Cl)c(Cl)c1. The number of carbonyl (C=O) groups excluding carboxylic acids is 3. The third-order valence-corrected chi connectivity index (χ3v) is 7.63. The second-order valence-electron chi connectivity index (χ2n) is 9.78. The monoisotopic (exact) mass is 566 g/mol. The van der Waals surface area contributed by atoms with Gasteiger partial charge in [0.15, 0.2) is 0 Å². The number of hydrogen-bond donors (Lipinski definition) is 3. The van der Waals surface area contributed by atoms with Crippen LogP contribution in [-0.4, -0.2) is 47.3 Å². The number of nitrogens with one attached hydrogen (secondary N) is 2. The molecular weight excluding hydrogens is 535 g/mol. The predicted octanol–water partition coefficient (Wildman–Crippen LogP) is 3.90. The van der Waals surface area contributed by atoms with E-state index in [0.29, 0.717) is 23.0 Å². The van der Waals surface area contributed by atoms with Crippen molar-refractivity contribution in [2.75, 3.05) is 6.54 Å². The van der Waals surface area contributed by atoms with Gasteiger partial charge in [0, 0.05) is 19.4 Å². The van der Waals surface area contributed by atoms with Crippen molar-refractivity contribution in [3.8, 4) is 0 Å². The zero-order valence-electron chi connectivity index (χ0n) is 21.5. The van der Waals surface area contributed by atoms with Crippen LogP contribution in [0.25, 0.3) is 0 Å². The van der Waals surface area contributed by atoms with Gasteiger partial charge in [0.1, 0.15) is 12.1 Å². The third-order valence-electron chi connectivity index (χ3n) is 6.89. The highest BCUT2D eigenvalue weighted by atomic mass is 35.5. The first-order chi connectivity index (χ1) is 18.8. The smallest absolute Gasteiger partial charge is 0.243 e. The van der Waals surface area contributed by atoms with E-state index < -0.39 is 29.9 Å². The quantitative estimate of drug-likeness (QED) is 0.327. The molecule has 39 heavy (non-hydrogen) atoms. The molecule has 3 aromatic rings. The maximum atomic E-state index is 13.5. The number of halogens is 2. The van der Waals surface area contributed by atoms with Crippen molar-refractivity contribution < 1.29 is 14.4 Å². The highest BCUT2D eigenvalue weighted by Gasteiger charge is 2.34. The Balaban J connectivity index is 1.48. The molecule has 3 amide bonds. The Labute approximate surface area is 238 Å². The molecule has 1 heterocycles. The lowest BCUT2D eigenvalue weighted by Crippen LogP contribution is -2.56. The number of rotatable bonds is 11. The van der Waals surface area contributed by atoms with Crippen LogP contribution < -0.4 is 16.4 Å². The minimum absolute atomic E-state index is 0.234. The molecule has 1 aliphatic heterocycles. The molecule has 0 aliphatic carbocycles. The maximum Gasteiger partial charge on any atom is 0.243 e. The van der Waals surface area contributed by atoms with Gasteiger partial charge in [-0.3, -0.25) is 19.3 Å². The van der Waals surface area contributed by atoms with Crippen LogP contribution in [0.5, 0.6) is 0 Å². The van der Waals surface area contributed by atoms with Crippen LogP contribution >= 0.6 is 23.2 Å². The number of likely N-dealkylation sites (tertiary alicyclic amines) is 1. The van der Waals surface area contributed by atoms with E-state index in [-0.39, 0.29) is 18.7 Å². The molecule has 0 bridgehead atoms. The Hall–Kier alpha value is -3.39. The van der Waals surface area contributed by atoms with Gasteiger partial charge in [-0.25, -0.2) is 0 Å². The molecular formula is C30H32Cl2N4O3. The zero-order chi connectivity index (χ0) is 27.8. The van der Waals surface area contributed by atoms with Gasteiger partial charge in [0.05, 0.1) is 16.1 Å². The minimum atomic E-state index is -0.910. The number of hydrogen-bond acceptors (Lipinski definition) is 4. The summed E-state index contributed by atoms with van der Waals surface area (Å²) in [6.07, 6.45) is 2.06. The minimum Gasteiger partial charge on any atom is -0.368 e. The van der Waals surface area contributed by atoms with Crippen LogP contribution in [0.3, 0.4) is 0 Å². The molecule has 0 spiro atoms. The van der Waals surface area contributed by atoms with Gasteiger partial charge < -0.3 is 16.4 Å². The summed E-state index contributed by atoms with van der Waals surface area (Å²) in [4.78, 5) is 41.3. The van der Waals surface area contributed by atoms with Gasteiger partial charge in [0.25, 0.3) is 0 Å². The number of nitrogens with two attached hydrogens (primary N) is 1. The van der Waals surface area contributed by atoms with Crippen LogP contribution in [0.4, 0.5) is 0 Å². The van der Waals surface area contributed by atoms with E-state index in [1.165, 1.54) is 0 Å². The fourth-order valence-corrected chi connectivity index (χ4v) is 5.18. The second kappa shape index (κ2) is 13.6. The first kappa shape index (κ1) is 28.6. The van der Waals surface area contributed by atoms with Crippen molar-refractivity contribution in [3.63, 3.8) is 0 Å². The molecule has 0 aromatic heterocycles. The van der Waals surface area contributed by atoms with E-state index in [0.717, 1.165) is 29.7 Å². The van der Waals surface area contributed by atoms with Crippen LogP contribution in [0, 0.1) is 0 Å². The molecule has 7 nitrogen and oxygen atoms in total. The van der Waals surface area contributed by atoms with Gasteiger partial charge in [-0.1, -0.05) is 89.9 Å².